The smallest absolute Gasteiger partial charge is 0.104 e. The molecule has 12 heavy (non-hydrogen) atoms. The molecule has 0 saturated carbocycles. The maximum Gasteiger partial charge on any atom is 0.104 e. The molecule has 0 aromatic carbocycles. The average molecular weight is 173 g/mol. The van der Waals surface area contributed by atoms with E-state index in [0.29, 0.717) is 6.10 Å². The van der Waals surface area contributed by atoms with Crippen molar-refractivity contribution in [3.8, 4) is 0 Å². The van der Waals surface area contributed by atoms with E-state index in [9.17, 15) is 0 Å². The van der Waals surface area contributed by atoms with Crippen molar-refractivity contribution in [1.82, 2.24) is 5.32 Å². The average Bonchev–Trinajstić information content (AvgIpc) is 2.00. The van der Waals surface area contributed by atoms with Crippen LogP contribution >= 0.6 is 0 Å². The summed E-state index contributed by atoms with van der Waals surface area (Å²) in [5.41, 5.74) is 0. The van der Waals surface area contributed by atoms with Gasteiger partial charge < -0.3 is 14.8 Å². The third-order valence-electron chi connectivity index (χ3n) is 1.96. The second kappa shape index (κ2) is 6.40. The Labute approximate surface area is 74.4 Å². The number of hydrogen-bond acceptors (Lipinski definition) is 3. The Morgan fingerprint density at radius 1 is 1.42 bits per heavy atom. The van der Waals surface area contributed by atoms with Crippen LogP contribution in [0.25, 0.3) is 0 Å². The zero-order chi connectivity index (χ0) is 8.65. The summed E-state index contributed by atoms with van der Waals surface area (Å²) in [5.74, 6) is 0. The van der Waals surface area contributed by atoms with Gasteiger partial charge in [0.25, 0.3) is 0 Å². The third-order valence-corrected chi connectivity index (χ3v) is 1.96. The summed E-state index contributed by atoms with van der Waals surface area (Å²) in [6.45, 7) is 6.79. The van der Waals surface area contributed by atoms with E-state index in [-0.39, 0.29) is 0 Å². The lowest BCUT2D eigenvalue weighted by atomic mass is 10.3. The van der Waals surface area contributed by atoms with Gasteiger partial charge in [-0.25, -0.2) is 0 Å². The molecule has 72 valence electrons. The van der Waals surface area contributed by atoms with Crippen molar-refractivity contribution >= 4 is 0 Å². The SMILES string of the molecule is CCNCCCCOC1COC1. The number of ether oxygens (including phenoxy) is 2. The van der Waals surface area contributed by atoms with Gasteiger partial charge in [-0.15, -0.1) is 0 Å². The molecule has 3 heteroatoms. The highest BCUT2D eigenvalue weighted by Gasteiger charge is 2.17. The molecular weight excluding hydrogens is 154 g/mol. The van der Waals surface area contributed by atoms with Crippen molar-refractivity contribution in [2.45, 2.75) is 25.9 Å². The van der Waals surface area contributed by atoms with Crippen LogP contribution < -0.4 is 5.32 Å². The quantitative estimate of drug-likeness (QED) is 0.577. The van der Waals surface area contributed by atoms with Gasteiger partial charge in [-0.1, -0.05) is 6.92 Å². The van der Waals surface area contributed by atoms with Crippen molar-refractivity contribution in [1.29, 1.82) is 0 Å². The molecule has 0 radical (unpaired) electrons. The maximum atomic E-state index is 5.51. The molecule has 3 nitrogen and oxygen atoms in total. The van der Waals surface area contributed by atoms with Crippen molar-refractivity contribution in [2.75, 3.05) is 32.9 Å². The van der Waals surface area contributed by atoms with Crippen LogP contribution in [-0.2, 0) is 9.47 Å². The first-order chi connectivity index (χ1) is 5.93. The number of hydrogen-bond donors (Lipinski definition) is 1. The van der Waals surface area contributed by atoms with Gasteiger partial charge in [0.15, 0.2) is 0 Å². The first kappa shape index (κ1) is 9.96. The predicted octanol–water partition coefficient (Wildman–Crippen LogP) is 0.791. The Bertz CT molecular complexity index is 105. The van der Waals surface area contributed by atoms with E-state index in [0.717, 1.165) is 39.3 Å². The number of unbranched alkanes of at least 4 members (excludes halogenated alkanes) is 1. The molecule has 0 unspecified atom stereocenters. The minimum Gasteiger partial charge on any atom is -0.376 e. The summed E-state index contributed by atoms with van der Waals surface area (Å²) in [4.78, 5) is 0. The number of rotatable bonds is 7. The van der Waals surface area contributed by atoms with E-state index in [1.807, 2.05) is 0 Å². The molecule has 0 spiro atoms. The monoisotopic (exact) mass is 173 g/mol. The summed E-state index contributed by atoms with van der Waals surface area (Å²) in [6.07, 6.45) is 2.76. The van der Waals surface area contributed by atoms with E-state index in [2.05, 4.69) is 12.2 Å². The standard InChI is InChI=1S/C9H19NO2/c1-2-10-5-3-4-6-12-9-7-11-8-9/h9-10H,2-8H2,1H3. The molecule has 1 fully saturated rings. The van der Waals surface area contributed by atoms with Crippen LogP contribution in [0.5, 0.6) is 0 Å². The van der Waals surface area contributed by atoms with Crippen molar-refractivity contribution < 1.29 is 9.47 Å². The van der Waals surface area contributed by atoms with E-state index in [1.54, 1.807) is 0 Å². The molecule has 1 rings (SSSR count). The molecule has 1 aliphatic rings. The third kappa shape index (κ3) is 4.04. The molecule has 1 aliphatic heterocycles. The van der Waals surface area contributed by atoms with Crippen LogP contribution in [0.3, 0.4) is 0 Å². The normalized spacial score (nSPS) is 17.8. The van der Waals surface area contributed by atoms with Crippen LogP contribution in [-0.4, -0.2) is 39.0 Å². The molecule has 1 N–H and O–H groups in total. The van der Waals surface area contributed by atoms with Crippen molar-refractivity contribution in [3.05, 3.63) is 0 Å². The molecule has 0 amide bonds. The second-order valence-electron chi connectivity index (χ2n) is 3.09. The predicted molar refractivity (Wildman–Crippen MR) is 48.3 cm³/mol. The van der Waals surface area contributed by atoms with Crippen LogP contribution in [0.1, 0.15) is 19.8 Å². The van der Waals surface area contributed by atoms with Crippen LogP contribution in [0.4, 0.5) is 0 Å². The topological polar surface area (TPSA) is 30.5 Å². The minimum atomic E-state index is 0.393. The highest BCUT2D eigenvalue weighted by molar-refractivity contribution is 4.63. The van der Waals surface area contributed by atoms with Gasteiger partial charge in [0.1, 0.15) is 6.10 Å². The molecule has 0 bridgehead atoms. The zero-order valence-corrected chi connectivity index (χ0v) is 7.84. The summed E-state index contributed by atoms with van der Waals surface area (Å²) in [6, 6.07) is 0. The lowest BCUT2D eigenvalue weighted by Gasteiger charge is -2.25. The molecule has 0 aromatic heterocycles. The Hall–Kier alpha value is -0.120. The molecule has 0 aliphatic carbocycles. The van der Waals surface area contributed by atoms with Crippen molar-refractivity contribution in [3.63, 3.8) is 0 Å². The van der Waals surface area contributed by atoms with Crippen LogP contribution in [0.15, 0.2) is 0 Å². The Morgan fingerprint density at radius 2 is 2.25 bits per heavy atom. The van der Waals surface area contributed by atoms with Crippen LogP contribution in [0.2, 0.25) is 0 Å². The summed E-state index contributed by atoms with van der Waals surface area (Å²) < 4.78 is 10.5. The second-order valence-corrected chi connectivity index (χ2v) is 3.09. The van der Waals surface area contributed by atoms with Crippen molar-refractivity contribution in [2.24, 2.45) is 0 Å². The Kier molecular flexibility index (Phi) is 5.32. The van der Waals surface area contributed by atoms with Gasteiger partial charge in [0.05, 0.1) is 13.2 Å². The lowest BCUT2D eigenvalue weighted by molar-refractivity contribution is -0.129. The van der Waals surface area contributed by atoms with E-state index in [4.69, 9.17) is 9.47 Å². The summed E-state index contributed by atoms with van der Waals surface area (Å²) >= 11 is 0. The van der Waals surface area contributed by atoms with Crippen LogP contribution in [0, 0.1) is 0 Å². The molecule has 0 atom stereocenters. The van der Waals surface area contributed by atoms with Gasteiger partial charge >= 0.3 is 0 Å². The van der Waals surface area contributed by atoms with Gasteiger partial charge in [0, 0.05) is 6.61 Å². The molecule has 1 saturated heterocycles. The van der Waals surface area contributed by atoms with E-state index < -0.39 is 0 Å². The van der Waals surface area contributed by atoms with Gasteiger partial charge in [-0.2, -0.15) is 0 Å². The minimum absolute atomic E-state index is 0.393. The Morgan fingerprint density at radius 3 is 2.83 bits per heavy atom. The van der Waals surface area contributed by atoms with Gasteiger partial charge in [0.2, 0.25) is 0 Å². The summed E-state index contributed by atoms with van der Waals surface area (Å²) in [5, 5.41) is 3.28. The molecular formula is C9H19NO2. The van der Waals surface area contributed by atoms with Gasteiger partial charge in [-0.05, 0) is 25.9 Å². The molecule has 1 heterocycles. The zero-order valence-electron chi connectivity index (χ0n) is 7.84. The van der Waals surface area contributed by atoms with E-state index >= 15 is 0 Å². The highest BCUT2D eigenvalue weighted by atomic mass is 16.6. The van der Waals surface area contributed by atoms with Gasteiger partial charge in [-0.3, -0.25) is 0 Å². The summed E-state index contributed by atoms with van der Waals surface area (Å²) in [7, 11) is 0. The highest BCUT2D eigenvalue weighted by Crippen LogP contribution is 2.05. The largest absolute Gasteiger partial charge is 0.376 e. The first-order valence-electron chi connectivity index (χ1n) is 4.83. The fourth-order valence-corrected chi connectivity index (χ4v) is 1.09. The van der Waals surface area contributed by atoms with E-state index in [1.165, 1.54) is 6.42 Å². The fourth-order valence-electron chi connectivity index (χ4n) is 1.09. The maximum absolute atomic E-state index is 5.51. The lowest BCUT2D eigenvalue weighted by Crippen LogP contribution is -2.36. The number of nitrogens with one attached hydrogen (secondary N) is 1. The fraction of sp³-hybridized carbons (Fsp3) is 1.00. The molecule has 0 aromatic rings. The Balaban J connectivity index is 1.70. The first-order valence-corrected chi connectivity index (χ1v) is 4.83.